The van der Waals surface area contributed by atoms with Crippen LogP contribution >= 0.6 is 0 Å². The predicted molar refractivity (Wildman–Crippen MR) is 105 cm³/mol. The van der Waals surface area contributed by atoms with Crippen molar-refractivity contribution in [2.75, 3.05) is 6.61 Å². The maximum Gasteiger partial charge on any atom is 0.326 e. The standard InChI is InChI=1S/C22H27NO4/c1-22(2,3)27-11-10-19(21(25)26)23-20(24)18-13-17(18)16-9-8-14-6-4-5-7-15(14)12-16/h4-9,12,17-19H,10-11,13H2,1-3H3,(H,23,24)(H,25,26). The zero-order chi connectivity index (χ0) is 19.6. The predicted octanol–water partition coefficient (Wildman–Crippen LogP) is 3.72. The van der Waals surface area contributed by atoms with Gasteiger partial charge in [-0.2, -0.15) is 0 Å². The van der Waals surface area contributed by atoms with Crippen LogP contribution in [0.5, 0.6) is 0 Å². The number of hydrogen-bond donors (Lipinski definition) is 2. The molecular formula is C22H27NO4. The number of carboxylic acids is 1. The minimum Gasteiger partial charge on any atom is -0.480 e. The van der Waals surface area contributed by atoms with Crippen molar-refractivity contribution in [1.82, 2.24) is 5.32 Å². The van der Waals surface area contributed by atoms with E-state index in [-0.39, 0.29) is 29.8 Å². The molecule has 1 saturated carbocycles. The molecule has 2 N–H and O–H groups in total. The lowest BCUT2D eigenvalue weighted by Crippen LogP contribution is -2.42. The van der Waals surface area contributed by atoms with Crippen LogP contribution in [0.3, 0.4) is 0 Å². The van der Waals surface area contributed by atoms with Gasteiger partial charge in [0, 0.05) is 18.9 Å². The molecule has 3 unspecified atom stereocenters. The Morgan fingerprint density at radius 1 is 1.19 bits per heavy atom. The number of hydrogen-bond acceptors (Lipinski definition) is 3. The molecule has 5 heteroatoms. The van der Waals surface area contributed by atoms with E-state index in [0.717, 1.165) is 17.4 Å². The van der Waals surface area contributed by atoms with Gasteiger partial charge in [-0.1, -0.05) is 42.5 Å². The van der Waals surface area contributed by atoms with Crippen LogP contribution in [0.25, 0.3) is 10.8 Å². The summed E-state index contributed by atoms with van der Waals surface area (Å²) < 4.78 is 5.58. The van der Waals surface area contributed by atoms with E-state index in [1.807, 2.05) is 32.9 Å². The fourth-order valence-electron chi connectivity index (χ4n) is 3.31. The van der Waals surface area contributed by atoms with E-state index in [2.05, 4.69) is 35.6 Å². The number of aliphatic carboxylic acids is 1. The highest BCUT2D eigenvalue weighted by molar-refractivity contribution is 5.88. The molecule has 27 heavy (non-hydrogen) atoms. The van der Waals surface area contributed by atoms with Crippen LogP contribution in [-0.4, -0.2) is 35.2 Å². The molecule has 3 atom stereocenters. The summed E-state index contributed by atoms with van der Waals surface area (Å²) in [6.45, 7) is 6.04. The molecule has 0 radical (unpaired) electrons. The monoisotopic (exact) mass is 369 g/mol. The average Bonchev–Trinajstić information content (AvgIpc) is 3.40. The molecule has 1 aliphatic carbocycles. The van der Waals surface area contributed by atoms with E-state index in [1.54, 1.807) is 0 Å². The second kappa shape index (κ2) is 7.69. The Labute approximate surface area is 159 Å². The Morgan fingerprint density at radius 3 is 2.56 bits per heavy atom. The molecule has 144 valence electrons. The van der Waals surface area contributed by atoms with Crippen LogP contribution in [0.2, 0.25) is 0 Å². The first-order valence-corrected chi connectivity index (χ1v) is 9.40. The molecule has 1 amide bonds. The minimum absolute atomic E-state index is 0.156. The van der Waals surface area contributed by atoms with Crippen molar-refractivity contribution in [2.45, 2.75) is 51.2 Å². The lowest BCUT2D eigenvalue weighted by molar-refractivity contribution is -0.143. The maximum atomic E-state index is 12.5. The molecule has 0 aliphatic heterocycles. The molecule has 0 bridgehead atoms. The van der Waals surface area contributed by atoms with Crippen molar-refractivity contribution in [1.29, 1.82) is 0 Å². The smallest absolute Gasteiger partial charge is 0.326 e. The molecule has 0 aromatic heterocycles. The fourth-order valence-corrected chi connectivity index (χ4v) is 3.31. The van der Waals surface area contributed by atoms with Gasteiger partial charge in [0.2, 0.25) is 5.91 Å². The van der Waals surface area contributed by atoms with Gasteiger partial charge in [0.1, 0.15) is 6.04 Å². The van der Waals surface area contributed by atoms with E-state index in [1.165, 1.54) is 5.39 Å². The van der Waals surface area contributed by atoms with Gasteiger partial charge in [0.25, 0.3) is 0 Å². The van der Waals surface area contributed by atoms with E-state index >= 15 is 0 Å². The van der Waals surface area contributed by atoms with Crippen LogP contribution < -0.4 is 5.32 Å². The summed E-state index contributed by atoms with van der Waals surface area (Å²) in [5.41, 5.74) is 0.807. The molecular weight excluding hydrogens is 342 g/mol. The Kier molecular flexibility index (Phi) is 5.51. The van der Waals surface area contributed by atoms with Gasteiger partial charge in [-0.15, -0.1) is 0 Å². The molecule has 0 heterocycles. The van der Waals surface area contributed by atoms with Crippen molar-refractivity contribution in [3.8, 4) is 0 Å². The SMILES string of the molecule is CC(C)(C)OCCC(NC(=O)C1CC1c1ccc2ccccc2c1)C(=O)O. The highest BCUT2D eigenvalue weighted by Crippen LogP contribution is 2.48. The summed E-state index contributed by atoms with van der Waals surface area (Å²) in [6, 6.07) is 13.5. The molecule has 0 saturated heterocycles. The number of carbonyl (C=O) groups is 2. The van der Waals surface area contributed by atoms with E-state index in [9.17, 15) is 14.7 Å². The minimum atomic E-state index is -1.02. The highest BCUT2D eigenvalue weighted by Gasteiger charge is 2.44. The van der Waals surface area contributed by atoms with Crippen molar-refractivity contribution < 1.29 is 19.4 Å². The van der Waals surface area contributed by atoms with Crippen molar-refractivity contribution in [3.05, 3.63) is 48.0 Å². The van der Waals surface area contributed by atoms with Crippen LogP contribution in [0.4, 0.5) is 0 Å². The Balaban J connectivity index is 1.58. The average molecular weight is 369 g/mol. The van der Waals surface area contributed by atoms with Crippen molar-refractivity contribution in [3.63, 3.8) is 0 Å². The van der Waals surface area contributed by atoms with Gasteiger partial charge in [-0.3, -0.25) is 4.79 Å². The quantitative estimate of drug-likeness (QED) is 0.780. The topological polar surface area (TPSA) is 75.6 Å². The molecule has 5 nitrogen and oxygen atoms in total. The summed E-state index contributed by atoms with van der Waals surface area (Å²) in [5.74, 6) is -1.20. The number of rotatable bonds is 7. The van der Waals surface area contributed by atoms with Crippen LogP contribution in [0.1, 0.15) is 45.1 Å². The summed E-state index contributed by atoms with van der Waals surface area (Å²) in [6.07, 6.45) is 1.01. The zero-order valence-electron chi connectivity index (χ0n) is 16.1. The van der Waals surface area contributed by atoms with Gasteiger partial charge < -0.3 is 15.2 Å². The normalized spacial score (nSPS) is 20.3. The number of carboxylic acid groups (broad SMARTS) is 1. The van der Waals surface area contributed by atoms with Crippen molar-refractivity contribution in [2.24, 2.45) is 5.92 Å². The largest absolute Gasteiger partial charge is 0.480 e. The molecule has 3 rings (SSSR count). The molecule has 2 aromatic carbocycles. The van der Waals surface area contributed by atoms with Gasteiger partial charge in [0.05, 0.1) is 5.60 Å². The van der Waals surface area contributed by atoms with Crippen molar-refractivity contribution >= 4 is 22.6 Å². The van der Waals surface area contributed by atoms with Gasteiger partial charge in [-0.25, -0.2) is 4.79 Å². The first kappa shape index (κ1) is 19.4. The zero-order valence-corrected chi connectivity index (χ0v) is 16.1. The second-order valence-electron chi connectivity index (χ2n) is 8.20. The third-order valence-electron chi connectivity index (χ3n) is 4.89. The summed E-state index contributed by atoms with van der Waals surface area (Å²) in [4.78, 5) is 24.0. The fraction of sp³-hybridized carbons (Fsp3) is 0.455. The number of amides is 1. The van der Waals surface area contributed by atoms with E-state index in [4.69, 9.17) is 4.74 Å². The van der Waals surface area contributed by atoms with Gasteiger partial charge >= 0.3 is 5.97 Å². The highest BCUT2D eigenvalue weighted by atomic mass is 16.5. The number of ether oxygens (including phenoxy) is 1. The maximum absolute atomic E-state index is 12.5. The first-order valence-electron chi connectivity index (χ1n) is 9.40. The van der Waals surface area contributed by atoms with Crippen LogP contribution in [0.15, 0.2) is 42.5 Å². The van der Waals surface area contributed by atoms with Crippen LogP contribution in [0, 0.1) is 5.92 Å². The summed E-state index contributed by atoms with van der Waals surface area (Å²) in [7, 11) is 0. The van der Waals surface area contributed by atoms with E-state index in [0.29, 0.717) is 6.61 Å². The summed E-state index contributed by atoms with van der Waals surface area (Å²) in [5, 5.41) is 14.4. The van der Waals surface area contributed by atoms with Gasteiger partial charge in [0.15, 0.2) is 0 Å². The number of carbonyl (C=O) groups excluding carboxylic acids is 1. The Morgan fingerprint density at radius 2 is 1.89 bits per heavy atom. The first-order chi connectivity index (χ1) is 12.7. The third-order valence-corrected chi connectivity index (χ3v) is 4.89. The Hall–Kier alpha value is -2.40. The number of nitrogens with one attached hydrogen (secondary N) is 1. The molecule has 0 spiro atoms. The van der Waals surface area contributed by atoms with Crippen LogP contribution in [-0.2, 0) is 14.3 Å². The number of fused-ring (bicyclic) bond motifs is 1. The number of benzene rings is 2. The van der Waals surface area contributed by atoms with E-state index < -0.39 is 12.0 Å². The molecule has 1 aliphatic rings. The third kappa shape index (κ3) is 5.07. The van der Waals surface area contributed by atoms with Gasteiger partial charge in [-0.05, 0) is 49.4 Å². The molecule has 1 fully saturated rings. The lowest BCUT2D eigenvalue weighted by Gasteiger charge is -2.21. The molecule has 2 aromatic rings. The lowest BCUT2D eigenvalue weighted by atomic mass is 10.0. The Bertz CT molecular complexity index is 840. The second-order valence-corrected chi connectivity index (χ2v) is 8.20. The summed E-state index contributed by atoms with van der Waals surface area (Å²) >= 11 is 0.